The molecule has 0 saturated heterocycles. The van der Waals surface area contributed by atoms with E-state index < -0.39 is 0 Å². The van der Waals surface area contributed by atoms with Crippen LogP contribution < -0.4 is 0 Å². The summed E-state index contributed by atoms with van der Waals surface area (Å²) in [6, 6.07) is 0. The number of rotatable bonds is 10. The zero-order chi connectivity index (χ0) is 12.2. The van der Waals surface area contributed by atoms with Gasteiger partial charge in [-0.05, 0) is 19.3 Å². The van der Waals surface area contributed by atoms with E-state index in [0.29, 0.717) is 6.61 Å². The molecule has 16 heavy (non-hydrogen) atoms. The van der Waals surface area contributed by atoms with E-state index in [9.17, 15) is 4.79 Å². The van der Waals surface area contributed by atoms with Gasteiger partial charge >= 0.3 is 5.97 Å². The molecule has 0 fully saturated rings. The number of carbonyl (C=O) groups is 1. The molecule has 0 radical (unpaired) electrons. The molecule has 0 bridgehead atoms. The van der Waals surface area contributed by atoms with Crippen LogP contribution in [0.15, 0.2) is 0 Å². The minimum absolute atomic E-state index is 0.0208. The maximum absolute atomic E-state index is 11.7. The van der Waals surface area contributed by atoms with Crippen molar-refractivity contribution in [3.63, 3.8) is 0 Å². The van der Waals surface area contributed by atoms with Gasteiger partial charge in [0.25, 0.3) is 0 Å². The van der Waals surface area contributed by atoms with E-state index in [2.05, 4.69) is 20.8 Å². The van der Waals surface area contributed by atoms with E-state index in [1.54, 1.807) is 0 Å². The maximum atomic E-state index is 11.7. The number of hydrogen-bond acceptors (Lipinski definition) is 2. The number of ether oxygens (including phenoxy) is 1. The smallest absolute Gasteiger partial charge is 0.308 e. The summed E-state index contributed by atoms with van der Waals surface area (Å²) in [4.78, 5) is 11.7. The first kappa shape index (κ1) is 15.5. The molecule has 0 aliphatic rings. The van der Waals surface area contributed by atoms with Crippen molar-refractivity contribution in [2.75, 3.05) is 6.61 Å². The second-order valence-electron chi connectivity index (χ2n) is 4.48. The quantitative estimate of drug-likeness (QED) is 0.411. The predicted molar refractivity (Wildman–Crippen MR) is 68.4 cm³/mol. The Morgan fingerprint density at radius 1 is 1.00 bits per heavy atom. The highest BCUT2D eigenvalue weighted by Gasteiger charge is 2.16. The van der Waals surface area contributed by atoms with E-state index in [4.69, 9.17) is 4.74 Å². The molecule has 2 nitrogen and oxygen atoms in total. The van der Waals surface area contributed by atoms with Crippen molar-refractivity contribution >= 4 is 5.97 Å². The van der Waals surface area contributed by atoms with Crippen LogP contribution in [0.4, 0.5) is 0 Å². The molecule has 0 aliphatic heterocycles. The first-order valence-corrected chi connectivity index (χ1v) is 6.92. The summed E-state index contributed by atoms with van der Waals surface area (Å²) in [6.07, 6.45) is 8.84. The molecule has 0 heterocycles. The lowest BCUT2D eigenvalue weighted by Gasteiger charge is -2.13. The van der Waals surface area contributed by atoms with Gasteiger partial charge in [0.15, 0.2) is 0 Å². The van der Waals surface area contributed by atoms with Crippen LogP contribution in [0.5, 0.6) is 0 Å². The number of carbonyl (C=O) groups excluding carboxylic acids is 1. The topological polar surface area (TPSA) is 26.3 Å². The summed E-state index contributed by atoms with van der Waals surface area (Å²) in [5.41, 5.74) is 0. The second kappa shape index (κ2) is 11.0. The van der Waals surface area contributed by atoms with Crippen molar-refractivity contribution in [1.29, 1.82) is 0 Å². The molecule has 1 atom stereocenters. The van der Waals surface area contributed by atoms with Crippen molar-refractivity contribution in [1.82, 2.24) is 0 Å². The van der Waals surface area contributed by atoms with Gasteiger partial charge in [0.2, 0.25) is 0 Å². The third-order valence-corrected chi connectivity index (χ3v) is 2.97. The first-order chi connectivity index (χ1) is 7.76. The lowest BCUT2D eigenvalue weighted by molar-refractivity contribution is -0.149. The number of esters is 1. The molecule has 0 aromatic heterocycles. The van der Waals surface area contributed by atoms with Crippen LogP contribution in [-0.2, 0) is 9.53 Å². The third-order valence-electron chi connectivity index (χ3n) is 2.97. The van der Waals surface area contributed by atoms with Crippen LogP contribution in [0, 0.1) is 5.92 Å². The van der Waals surface area contributed by atoms with Crippen molar-refractivity contribution in [2.45, 2.75) is 72.1 Å². The summed E-state index contributed by atoms with van der Waals surface area (Å²) >= 11 is 0. The van der Waals surface area contributed by atoms with Gasteiger partial charge in [-0.2, -0.15) is 0 Å². The fraction of sp³-hybridized carbons (Fsp3) is 0.929. The minimum Gasteiger partial charge on any atom is -0.465 e. The van der Waals surface area contributed by atoms with Gasteiger partial charge < -0.3 is 4.74 Å². The Bertz CT molecular complexity index is 166. The summed E-state index contributed by atoms with van der Waals surface area (Å²) < 4.78 is 5.30. The van der Waals surface area contributed by atoms with Gasteiger partial charge in [-0.3, -0.25) is 4.79 Å². The molecule has 96 valence electrons. The monoisotopic (exact) mass is 228 g/mol. The Labute approximate surface area is 101 Å². The third kappa shape index (κ3) is 7.72. The molecule has 0 unspecified atom stereocenters. The summed E-state index contributed by atoms with van der Waals surface area (Å²) in [7, 11) is 0. The predicted octanol–water partition coefficient (Wildman–Crippen LogP) is 4.33. The lowest BCUT2D eigenvalue weighted by Crippen LogP contribution is -2.17. The Balaban J connectivity index is 3.58. The molecule has 0 rings (SSSR count). The normalized spacial score (nSPS) is 12.4. The molecule has 0 amide bonds. The van der Waals surface area contributed by atoms with Gasteiger partial charge in [-0.25, -0.2) is 0 Å². The molecular formula is C14H28O2. The molecule has 0 aromatic carbocycles. The summed E-state index contributed by atoms with van der Waals surface area (Å²) in [5.74, 6) is 0.151. The summed E-state index contributed by atoms with van der Waals surface area (Å²) in [5, 5.41) is 0. The first-order valence-electron chi connectivity index (χ1n) is 6.92. The zero-order valence-electron chi connectivity index (χ0n) is 11.3. The van der Waals surface area contributed by atoms with Crippen molar-refractivity contribution < 1.29 is 9.53 Å². The SMILES string of the molecule is CCCCCCOC(=O)[C@@H](CC)CCCC. The largest absolute Gasteiger partial charge is 0.465 e. The van der Waals surface area contributed by atoms with E-state index in [1.165, 1.54) is 19.3 Å². The van der Waals surface area contributed by atoms with E-state index in [-0.39, 0.29) is 11.9 Å². The van der Waals surface area contributed by atoms with Crippen molar-refractivity contribution in [3.05, 3.63) is 0 Å². The fourth-order valence-electron chi connectivity index (χ4n) is 1.76. The standard InChI is InChI=1S/C14H28O2/c1-4-7-9-10-12-16-14(15)13(6-3)11-8-5-2/h13H,4-12H2,1-3H3/t13-/m0/s1. The lowest BCUT2D eigenvalue weighted by atomic mass is 10.00. The van der Waals surface area contributed by atoms with E-state index in [1.807, 2.05) is 0 Å². The van der Waals surface area contributed by atoms with Crippen LogP contribution in [0.25, 0.3) is 0 Å². The highest BCUT2D eigenvalue weighted by molar-refractivity contribution is 5.72. The molecular weight excluding hydrogens is 200 g/mol. The average molecular weight is 228 g/mol. The Kier molecular flexibility index (Phi) is 10.6. The highest BCUT2D eigenvalue weighted by atomic mass is 16.5. The van der Waals surface area contributed by atoms with Crippen LogP contribution in [0.1, 0.15) is 72.1 Å². The molecule has 0 N–H and O–H groups in total. The van der Waals surface area contributed by atoms with Crippen LogP contribution in [0.3, 0.4) is 0 Å². The Morgan fingerprint density at radius 3 is 2.25 bits per heavy atom. The van der Waals surface area contributed by atoms with E-state index >= 15 is 0 Å². The van der Waals surface area contributed by atoms with Gasteiger partial charge in [-0.1, -0.05) is 52.9 Å². The molecule has 0 spiro atoms. The Hall–Kier alpha value is -0.530. The molecule has 2 heteroatoms. The van der Waals surface area contributed by atoms with Crippen molar-refractivity contribution in [2.24, 2.45) is 5.92 Å². The summed E-state index contributed by atoms with van der Waals surface area (Å²) in [6.45, 7) is 7.02. The van der Waals surface area contributed by atoms with Crippen LogP contribution >= 0.6 is 0 Å². The second-order valence-corrected chi connectivity index (χ2v) is 4.48. The van der Waals surface area contributed by atoms with Crippen molar-refractivity contribution in [3.8, 4) is 0 Å². The average Bonchev–Trinajstić information content (AvgIpc) is 2.30. The maximum Gasteiger partial charge on any atom is 0.308 e. The number of unbranched alkanes of at least 4 members (excludes halogenated alkanes) is 4. The highest BCUT2D eigenvalue weighted by Crippen LogP contribution is 2.14. The minimum atomic E-state index is 0.0208. The van der Waals surface area contributed by atoms with Gasteiger partial charge in [0, 0.05) is 0 Å². The zero-order valence-corrected chi connectivity index (χ0v) is 11.3. The fourth-order valence-corrected chi connectivity index (χ4v) is 1.76. The molecule has 0 aromatic rings. The Morgan fingerprint density at radius 2 is 1.69 bits per heavy atom. The molecule has 0 aliphatic carbocycles. The van der Waals surface area contributed by atoms with Crippen LogP contribution in [0.2, 0.25) is 0 Å². The number of hydrogen-bond donors (Lipinski definition) is 0. The van der Waals surface area contributed by atoms with Gasteiger partial charge in [0.05, 0.1) is 12.5 Å². The van der Waals surface area contributed by atoms with E-state index in [0.717, 1.165) is 32.1 Å². The molecule has 0 saturated carbocycles. The van der Waals surface area contributed by atoms with Crippen LogP contribution in [-0.4, -0.2) is 12.6 Å². The van der Waals surface area contributed by atoms with Gasteiger partial charge in [0.1, 0.15) is 0 Å². The van der Waals surface area contributed by atoms with Gasteiger partial charge in [-0.15, -0.1) is 0 Å².